The number of halogens is 2. The van der Waals surface area contributed by atoms with Crippen LogP contribution >= 0.6 is 23.2 Å². The molecule has 0 aromatic heterocycles. The van der Waals surface area contributed by atoms with E-state index in [1.165, 1.54) is 25.1 Å². The number of carbonyl (C=O) groups is 2. The van der Waals surface area contributed by atoms with Crippen LogP contribution in [-0.2, 0) is 24.4 Å². The number of benzene rings is 1. The number of sulfonamides is 1. The first kappa shape index (κ1) is 17.5. The van der Waals surface area contributed by atoms with Crippen molar-refractivity contribution in [2.75, 3.05) is 6.61 Å². The Morgan fingerprint density at radius 3 is 2.19 bits per heavy atom. The summed E-state index contributed by atoms with van der Waals surface area (Å²) in [5.74, 6) is -1.03. The maximum absolute atomic E-state index is 12.4. The third-order valence-corrected chi connectivity index (χ3v) is 4.49. The standard InChI is InChI=1S/C11H11Cl2NO6S/c1-3-19-11(16)14(20-7(2)15)21(17,18)10-8(12)5-4-6-9(10)13/h4-6H,3H2,1-2H3. The summed E-state index contributed by atoms with van der Waals surface area (Å²) in [5, 5.41) is -0.465. The SMILES string of the molecule is CCOC(=O)N(OC(C)=O)S(=O)(=O)c1c(Cl)cccc1Cl. The minimum atomic E-state index is -4.63. The van der Waals surface area contributed by atoms with Crippen molar-refractivity contribution in [3.63, 3.8) is 0 Å². The molecule has 0 N–H and O–H groups in total. The van der Waals surface area contributed by atoms with Crippen molar-refractivity contribution in [3.8, 4) is 0 Å². The summed E-state index contributed by atoms with van der Waals surface area (Å²) in [6.07, 6.45) is -1.39. The molecule has 0 aliphatic rings. The van der Waals surface area contributed by atoms with Crippen LogP contribution in [0.1, 0.15) is 13.8 Å². The molecule has 0 spiro atoms. The lowest BCUT2D eigenvalue weighted by Crippen LogP contribution is -2.39. The first-order valence-electron chi connectivity index (χ1n) is 5.56. The van der Waals surface area contributed by atoms with Gasteiger partial charge in [-0.25, -0.2) is 9.59 Å². The van der Waals surface area contributed by atoms with Gasteiger partial charge in [-0.3, -0.25) is 0 Å². The van der Waals surface area contributed by atoms with Crippen molar-refractivity contribution in [1.29, 1.82) is 0 Å². The Kier molecular flexibility index (Phi) is 5.82. The lowest BCUT2D eigenvalue weighted by molar-refractivity contribution is -0.162. The molecule has 0 heterocycles. The molecular weight excluding hydrogens is 345 g/mol. The number of rotatable bonds is 3. The smallest absolute Gasteiger partial charge is 0.447 e. The van der Waals surface area contributed by atoms with Crippen molar-refractivity contribution >= 4 is 45.3 Å². The fourth-order valence-electron chi connectivity index (χ4n) is 1.29. The Balaban J connectivity index is 3.40. The molecule has 0 saturated carbocycles. The van der Waals surface area contributed by atoms with Gasteiger partial charge in [-0.05, 0) is 23.5 Å². The molecule has 0 atom stereocenters. The number of hydrogen-bond acceptors (Lipinski definition) is 6. The zero-order chi connectivity index (χ0) is 16.2. The van der Waals surface area contributed by atoms with Gasteiger partial charge in [-0.1, -0.05) is 29.3 Å². The fraction of sp³-hybridized carbons (Fsp3) is 0.273. The molecule has 0 saturated heterocycles. The second-order valence-electron chi connectivity index (χ2n) is 3.56. The highest BCUT2D eigenvalue weighted by molar-refractivity contribution is 7.89. The number of amides is 1. The van der Waals surface area contributed by atoms with E-state index in [0.29, 0.717) is 0 Å². The molecule has 7 nitrogen and oxygen atoms in total. The van der Waals surface area contributed by atoms with E-state index in [4.69, 9.17) is 23.2 Å². The molecule has 1 aromatic rings. The van der Waals surface area contributed by atoms with Gasteiger partial charge in [0.1, 0.15) is 4.90 Å². The van der Waals surface area contributed by atoms with Crippen LogP contribution in [0, 0.1) is 0 Å². The molecule has 0 aliphatic carbocycles. The van der Waals surface area contributed by atoms with E-state index < -0.39 is 27.0 Å². The minimum absolute atomic E-state index is 0.123. The molecular formula is C11H11Cl2NO6S. The maximum atomic E-state index is 12.4. The molecule has 0 radical (unpaired) electrons. The van der Waals surface area contributed by atoms with E-state index in [2.05, 4.69) is 9.57 Å². The van der Waals surface area contributed by atoms with Crippen LogP contribution in [0.3, 0.4) is 0 Å². The lowest BCUT2D eigenvalue weighted by Gasteiger charge is -2.20. The number of hydroxylamine groups is 1. The van der Waals surface area contributed by atoms with Gasteiger partial charge in [0.2, 0.25) is 0 Å². The van der Waals surface area contributed by atoms with Crippen molar-refractivity contribution in [2.24, 2.45) is 0 Å². The zero-order valence-corrected chi connectivity index (χ0v) is 13.3. The van der Waals surface area contributed by atoms with Crippen molar-refractivity contribution in [2.45, 2.75) is 18.7 Å². The van der Waals surface area contributed by atoms with Crippen LogP contribution in [0.4, 0.5) is 4.79 Å². The lowest BCUT2D eigenvalue weighted by atomic mass is 10.4. The van der Waals surface area contributed by atoms with E-state index in [1.807, 2.05) is 0 Å². The van der Waals surface area contributed by atoms with Gasteiger partial charge in [0, 0.05) is 6.92 Å². The van der Waals surface area contributed by atoms with Crippen LogP contribution in [0.5, 0.6) is 0 Å². The molecule has 1 aromatic carbocycles. The van der Waals surface area contributed by atoms with Gasteiger partial charge in [0.15, 0.2) is 0 Å². The van der Waals surface area contributed by atoms with Gasteiger partial charge in [-0.15, -0.1) is 0 Å². The largest absolute Gasteiger partial charge is 0.458 e. The van der Waals surface area contributed by atoms with Gasteiger partial charge in [-0.2, -0.15) is 8.42 Å². The van der Waals surface area contributed by atoms with E-state index >= 15 is 0 Å². The monoisotopic (exact) mass is 355 g/mol. The highest BCUT2D eigenvalue weighted by atomic mass is 35.5. The topological polar surface area (TPSA) is 90.0 Å². The summed E-state index contributed by atoms with van der Waals surface area (Å²) >= 11 is 11.6. The van der Waals surface area contributed by atoms with Gasteiger partial charge < -0.3 is 9.57 Å². The summed E-state index contributed by atoms with van der Waals surface area (Å²) < 4.78 is 29.2. The fourth-order valence-corrected chi connectivity index (χ4v) is 3.52. The minimum Gasteiger partial charge on any atom is -0.447 e. The zero-order valence-electron chi connectivity index (χ0n) is 11.0. The van der Waals surface area contributed by atoms with Crippen LogP contribution in [0.25, 0.3) is 0 Å². The Bertz CT molecular complexity index is 640. The van der Waals surface area contributed by atoms with Crippen LogP contribution in [0.2, 0.25) is 10.0 Å². The number of hydrogen-bond donors (Lipinski definition) is 0. The predicted molar refractivity (Wildman–Crippen MR) is 74.3 cm³/mol. The normalized spacial score (nSPS) is 10.9. The van der Waals surface area contributed by atoms with Gasteiger partial charge in [0.05, 0.1) is 16.7 Å². The molecule has 0 unspecified atom stereocenters. The van der Waals surface area contributed by atoms with Crippen molar-refractivity contribution in [3.05, 3.63) is 28.2 Å². The second kappa shape index (κ2) is 6.97. The molecule has 1 rings (SSSR count). The maximum Gasteiger partial charge on any atom is 0.458 e. The van der Waals surface area contributed by atoms with Gasteiger partial charge >= 0.3 is 22.1 Å². The average Bonchev–Trinajstić information content (AvgIpc) is 2.35. The summed E-state index contributed by atoms with van der Waals surface area (Å²) in [6.45, 7) is 2.26. The summed E-state index contributed by atoms with van der Waals surface area (Å²) in [5.41, 5.74) is 0. The summed E-state index contributed by atoms with van der Waals surface area (Å²) in [6, 6.07) is 3.94. The second-order valence-corrected chi connectivity index (χ2v) is 6.07. The Morgan fingerprint density at radius 2 is 1.76 bits per heavy atom. The average molecular weight is 356 g/mol. The molecule has 1 amide bonds. The van der Waals surface area contributed by atoms with Crippen LogP contribution < -0.4 is 0 Å². The predicted octanol–water partition coefficient (Wildman–Crippen LogP) is 2.62. The Hall–Kier alpha value is -1.51. The van der Waals surface area contributed by atoms with Crippen molar-refractivity contribution < 1.29 is 27.6 Å². The highest BCUT2D eigenvalue weighted by Crippen LogP contribution is 2.31. The Labute approximate surface area is 131 Å². The van der Waals surface area contributed by atoms with Crippen LogP contribution in [-0.4, -0.2) is 31.6 Å². The van der Waals surface area contributed by atoms with Crippen LogP contribution in [0.15, 0.2) is 23.1 Å². The number of nitrogens with zero attached hydrogens (tertiary/aromatic N) is 1. The third kappa shape index (κ3) is 3.99. The molecule has 10 heteroatoms. The molecule has 0 aliphatic heterocycles. The first-order chi connectivity index (χ1) is 9.71. The Morgan fingerprint density at radius 1 is 1.24 bits per heavy atom. The van der Waals surface area contributed by atoms with Gasteiger partial charge in [0.25, 0.3) is 0 Å². The number of carbonyl (C=O) groups excluding carboxylic acids is 2. The molecule has 0 fully saturated rings. The molecule has 0 bridgehead atoms. The number of ether oxygens (including phenoxy) is 1. The summed E-state index contributed by atoms with van der Waals surface area (Å²) in [4.78, 5) is 26.5. The van der Waals surface area contributed by atoms with Crippen molar-refractivity contribution in [1.82, 2.24) is 4.47 Å². The molecule has 116 valence electrons. The molecule has 21 heavy (non-hydrogen) atoms. The van der Waals surface area contributed by atoms with E-state index in [1.54, 1.807) is 0 Å². The van der Waals surface area contributed by atoms with E-state index in [9.17, 15) is 18.0 Å². The quantitative estimate of drug-likeness (QED) is 0.774. The summed E-state index contributed by atoms with van der Waals surface area (Å²) in [7, 11) is -4.63. The highest BCUT2D eigenvalue weighted by Gasteiger charge is 2.37. The third-order valence-electron chi connectivity index (χ3n) is 2.02. The van der Waals surface area contributed by atoms with E-state index in [0.717, 1.165) is 6.92 Å². The first-order valence-corrected chi connectivity index (χ1v) is 7.76. The van der Waals surface area contributed by atoms with E-state index in [-0.39, 0.29) is 21.1 Å².